The molecule has 150 valence electrons. The van der Waals surface area contributed by atoms with Crippen LogP contribution in [0.3, 0.4) is 0 Å². The van der Waals surface area contributed by atoms with Gasteiger partial charge in [-0.05, 0) is 42.3 Å². The highest BCUT2D eigenvalue weighted by Crippen LogP contribution is 2.35. The lowest BCUT2D eigenvalue weighted by Crippen LogP contribution is -2.04. The van der Waals surface area contributed by atoms with E-state index in [0.29, 0.717) is 6.54 Å². The fourth-order valence-electron chi connectivity index (χ4n) is 3.25. The summed E-state index contributed by atoms with van der Waals surface area (Å²) in [5, 5.41) is 6.88. The molecule has 0 aliphatic carbocycles. The molecule has 8 heteroatoms. The second-order valence-electron chi connectivity index (χ2n) is 6.65. The number of anilines is 2. The zero-order chi connectivity index (χ0) is 19.7. The predicted molar refractivity (Wildman–Crippen MR) is 122 cm³/mol. The molecule has 0 aliphatic heterocycles. The van der Waals surface area contributed by atoms with Crippen molar-refractivity contribution in [3.8, 4) is 11.3 Å². The van der Waals surface area contributed by atoms with E-state index < -0.39 is 0 Å². The fraction of sp³-hybridized carbons (Fsp3) is 0.190. The van der Waals surface area contributed by atoms with Crippen LogP contribution in [0.25, 0.3) is 22.3 Å². The first-order valence-electron chi connectivity index (χ1n) is 9.02. The minimum absolute atomic E-state index is 0. The van der Waals surface area contributed by atoms with E-state index in [1.165, 1.54) is 11.1 Å². The van der Waals surface area contributed by atoms with Crippen LogP contribution < -0.4 is 10.6 Å². The predicted octanol–water partition coefficient (Wildman–Crippen LogP) is 5.07. The van der Waals surface area contributed by atoms with Crippen molar-refractivity contribution < 1.29 is 0 Å². The highest BCUT2D eigenvalue weighted by atomic mass is 35.5. The zero-order valence-electron chi connectivity index (χ0n) is 16.4. The Morgan fingerprint density at radius 2 is 1.79 bits per heavy atom. The van der Waals surface area contributed by atoms with Crippen LogP contribution in [0.2, 0.25) is 5.28 Å². The van der Waals surface area contributed by atoms with Crippen molar-refractivity contribution in [2.45, 2.75) is 13.5 Å². The van der Waals surface area contributed by atoms with Gasteiger partial charge in [0.1, 0.15) is 5.52 Å². The van der Waals surface area contributed by atoms with Crippen LogP contribution in [0.15, 0.2) is 48.7 Å². The number of hydrogen-bond acceptors (Lipinski definition) is 5. The summed E-state index contributed by atoms with van der Waals surface area (Å²) in [5.74, 6) is 0.797. The molecule has 0 fully saturated rings. The van der Waals surface area contributed by atoms with Gasteiger partial charge in [-0.3, -0.25) is 0 Å². The van der Waals surface area contributed by atoms with Crippen LogP contribution in [-0.2, 0) is 13.6 Å². The van der Waals surface area contributed by atoms with E-state index in [2.05, 4.69) is 62.4 Å². The number of nitrogens with zero attached hydrogens (tertiary/aromatic N) is 4. The van der Waals surface area contributed by atoms with E-state index >= 15 is 0 Å². The molecule has 0 saturated carbocycles. The van der Waals surface area contributed by atoms with Crippen molar-refractivity contribution in [3.63, 3.8) is 0 Å². The normalized spacial score (nSPS) is 10.6. The van der Waals surface area contributed by atoms with E-state index in [4.69, 9.17) is 16.6 Å². The highest BCUT2D eigenvalue weighted by molar-refractivity contribution is 6.28. The molecule has 2 aromatic heterocycles. The van der Waals surface area contributed by atoms with Crippen molar-refractivity contribution >= 4 is 46.7 Å². The van der Waals surface area contributed by atoms with Gasteiger partial charge < -0.3 is 15.2 Å². The quantitative estimate of drug-likeness (QED) is 0.434. The molecule has 0 amide bonds. The summed E-state index contributed by atoms with van der Waals surface area (Å²) >= 11 is 6.03. The van der Waals surface area contributed by atoms with Gasteiger partial charge in [-0.25, -0.2) is 15.0 Å². The summed E-state index contributed by atoms with van der Waals surface area (Å²) in [4.78, 5) is 13.2. The minimum atomic E-state index is 0. The first kappa shape index (κ1) is 20.9. The average Bonchev–Trinajstić information content (AvgIpc) is 3.02. The lowest BCUT2D eigenvalue weighted by molar-refractivity contribution is 0.927. The Kier molecular flexibility index (Phi) is 6.25. The van der Waals surface area contributed by atoms with Crippen molar-refractivity contribution in [2.75, 3.05) is 17.7 Å². The minimum Gasteiger partial charge on any atom is -0.388 e. The van der Waals surface area contributed by atoms with Crippen molar-refractivity contribution in [1.29, 1.82) is 0 Å². The lowest BCUT2D eigenvalue weighted by Gasteiger charge is -2.09. The molecule has 0 aliphatic rings. The molecule has 6 nitrogen and oxygen atoms in total. The molecule has 2 heterocycles. The Balaban J connectivity index is 0.00000240. The molecule has 2 N–H and O–H groups in total. The monoisotopic (exact) mass is 428 g/mol. The Morgan fingerprint density at radius 3 is 2.48 bits per heavy atom. The second-order valence-corrected chi connectivity index (χ2v) is 6.99. The van der Waals surface area contributed by atoms with Gasteiger partial charge in [0.25, 0.3) is 0 Å². The average molecular weight is 429 g/mol. The molecular weight excluding hydrogens is 407 g/mol. The van der Waals surface area contributed by atoms with Crippen molar-refractivity contribution in [1.82, 2.24) is 19.5 Å². The van der Waals surface area contributed by atoms with Crippen LogP contribution >= 0.6 is 24.0 Å². The van der Waals surface area contributed by atoms with Gasteiger partial charge in [-0.2, -0.15) is 0 Å². The van der Waals surface area contributed by atoms with E-state index in [0.717, 1.165) is 33.9 Å². The van der Waals surface area contributed by atoms with Gasteiger partial charge in [0.05, 0.1) is 16.8 Å². The van der Waals surface area contributed by atoms with E-state index in [1.807, 2.05) is 26.2 Å². The summed E-state index contributed by atoms with van der Waals surface area (Å²) in [6, 6.07) is 14.4. The number of aryl methyl sites for hydroxylation is 2. The topological polar surface area (TPSA) is 67.7 Å². The number of halogens is 2. The van der Waals surface area contributed by atoms with Crippen LogP contribution in [0, 0.1) is 6.92 Å². The smallest absolute Gasteiger partial charge is 0.222 e. The Labute approximate surface area is 180 Å². The molecule has 0 spiro atoms. The molecule has 0 saturated heterocycles. The van der Waals surface area contributed by atoms with E-state index in [9.17, 15) is 0 Å². The summed E-state index contributed by atoms with van der Waals surface area (Å²) in [5.41, 5.74) is 6.90. The molecule has 4 aromatic rings. The SMILES string of the molecule is CNc1ccc2c(nc(NCc3ccc(C)cc3)n2C)c1-c1ccnc(Cl)n1.Cl. The molecular formula is C21H22Cl2N6. The molecule has 0 unspecified atom stereocenters. The zero-order valence-corrected chi connectivity index (χ0v) is 18.0. The number of nitrogens with one attached hydrogen (secondary N) is 2. The summed E-state index contributed by atoms with van der Waals surface area (Å²) in [6.07, 6.45) is 1.66. The summed E-state index contributed by atoms with van der Waals surface area (Å²) < 4.78 is 2.05. The Bertz CT molecular complexity index is 1140. The number of fused-ring (bicyclic) bond motifs is 1. The largest absolute Gasteiger partial charge is 0.388 e. The summed E-state index contributed by atoms with van der Waals surface area (Å²) in [7, 11) is 3.88. The standard InChI is InChI=1S/C21H21ClN6.ClH/c1-13-4-6-14(7-5-13)12-25-21-27-19-17(28(21)3)9-8-15(23-2)18(19)16-10-11-24-20(22)26-16;/h4-11,23H,12H2,1-3H3,(H,25,27);1H. The third-order valence-corrected chi connectivity index (χ3v) is 4.96. The molecule has 4 rings (SSSR count). The van der Waals surface area contributed by atoms with Crippen LogP contribution in [-0.4, -0.2) is 26.6 Å². The van der Waals surface area contributed by atoms with Gasteiger partial charge in [-0.15, -0.1) is 12.4 Å². The Hall–Kier alpha value is -2.83. The van der Waals surface area contributed by atoms with Crippen molar-refractivity contribution in [3.05, 3.63) is 65.1 Å². The fourth-order valence-corrected chi connectivity index (χ4v) is 3.39. The van der Waals surface area contributed by atoms with E-state index in [1.54, 1.807) is 6.20 Å². The lowest BCUT2D eigenvalue weighted by atomic mass is 10.1. The summed E-state index contributed by atoms with van der Waals surface area (Å²) in [6.45, 7) is 2.79. The van der Waals surface area contributed by atoms with Crippen molar-refractivity contribution in [2.24, 2.45) is 7.05 Å². The Morgan fingerprint density at radius 1 is 1.03 bits per heavy atom. The third-order valence-electron chi connectivity index (χ3n) is 4.78. The third kappa shape index (κ3) is 4.13. The van der Waals surface area contributed by atoms with Gasteiger partial charge in [0, 0.05) is 32.5 Å². The maximum absolute atomic E-state index is 6.03. The van der Waals surface area contributed by atoms with Gasteiger partial charge >= 0.3 is 0 Å². The number of hydrogen-bond donors (Lipinski definition) is 2. The maximum atomic E-state index is 6.03. The molecule has 0 radical (unpaired) electrons. The number of benzene rings is 2. The number of rotatable bonds is 5. The first-order valence-corrected chi connectivity index (χ1v) is 9.40. The van der Waals surface area contributed by atoms with Crippen LogP contribution in [0.5, 0.6) is 0 Å². The van der Waals surface area contributed by atoms with Gasteiger partial charge in [-0.1, -0.05) is 29.8 Å². The number of aromatic nitrogens is 4. The maximum Gasteiger partial charge on any atom is 0.222 e. The molecule has 0 bridgehead atoms. The van der Waals surface area contributed by atoms with Gasteiger partial charge in [0.15, 0.2) is 0 Å². The second kappa shape index (κ2) is 8.68. The van der Waals surface area contributed by atoms with E-state index in [-0.39, 0.29) is 17.7 Å². The molecule has 29 heavy (non-hydrogen) atoms. The van der Waals surface area contributed by atoms with Crippen LogP contribution in [0.4, 0.5) is 11.6 Å². The highest BCUT2D eigenvalue weighted by Gasteiger charge is 2.17. The van der Waals surface area contributed by atoms with Gasteiger partial charge in [0.2, 0.25) is 11.2 Å². The molecule has 2 aromatic carbocycles. The number of imidazole rings is 1. The first-order chi connectivity index (χ1) is 13.6. The molecule has 0 atom stereocenters. The van der Waals surface area contributed by atoms with Crippen LogP contribution in [0.1, 0.15) is 11.1 Å².